The van der Waals surface area contributed by atoms with Crippen molar-refractivity contribution in [2.24, 2.45) is 0 Å². The number of alkyl halides is 1. The molecule has 0 N–H and O–H groups in total. The third-order valence-electron chi connectivity index (χ3n) is 3.01. The fourth-order valence-corrected chi connectivity index (χ4v) is 4.10. The highest BCUT2D eigenvalue weighted by Gasteiger charge is 2.15. The van der Waals surface area contributed by atoms with E-state index in [1.54, 1.807) is 7.11 Å². The molecule has 0 aliphatic rings. The van der Waals surface area contributed by atoms with Crippen molar-refractivity contribution in [3.63, 3.8) is 0 Å². The maximum Gasteiger partial charge on any atom is 0.122 e. The van der Waals surface area contributed by atoms with E-state index in [0.717, 1.165) is 12.2 Å². The van der Waals surface area contributed by atoms with Crippen molar-refractivity contribution in [2.45, 2.75) is 25.1 Å². The smallest absolute Gasteiger partial charge is 0.122 e. The van der Waals surface area contributed by atoms with Crippen LogP contribution in [0.15, 0.2) is 30.3 Å². The van der Waals surface area contributed by atoms with Crippen LogP contribution in [0.5, 0.6) is 5.75 Å². The highest BCUT2D eigenvalue weighted by atomic mass is 79.9. The Morgan fingerprint density at radius 1 is 1.28 bits per heavy atom. The van der Waals surface area contributed by atoms with Crippen molar-refractivity contribution < 1.29 is 4.74 Å². The van der Waals surface area contributed by atoms with Gasteiger partial charge in [0.15, 0.2) is 0 Å². The summed E-state index contributed by atoms with van der Waals surface area (Å²) < 4.78 is 5.40. The predicted octanol–water partition coefficient (Wildman–Crippen LogP) is 5.05. The summed E-state index contributed by atoms with van der Waals surface area (Å²) in [5, 5.41) is 0. The Morgan fingerprint density at radius 3 is 2.61 bits per heavy atom. The minimum absolute atomic E-state index is 0.346. The number of thiophene rings is 1. The van der Waals surface area contributed by atoms with Crippen LogP contribution in [0.1, 0.15) is 25.7 Å². The molecule has 0 bridgehead atoms. The Morgan fingerprint density at radius 2 is 2.00 bits per heavy atom. The van der Waals surface area contributed by atoms with Gasteiger partial charge >= 0.3 is 0 Å². The van der Waals surface area contributed by atoms with Crippen LogP contribution in [0.3, 0.4) is 0 Å². The topological polar surface area (TPSA) is 9.23 Å². The number of aryl methyl sites for hydroxylation is 2. The minimum atomic E-state index is 0.346. The average Bonchev–Trinajstić information content (AvgIpc) is 2.69. The second-order valence-corrected chi connectivity index (χ2v) is 6.92. The first-order valence-corrected chi connectivity index (χ1v) is 7.68. The number of benzene rings is 1. The lowest BCUT2D eigenvalue weighted by Crippen LogP contribution is -1.98. The standard InChI is InChI=1S/C15H17BrOS/c1-10-8-13(11(2)18-10)14(16)9-12-6-4-5-7-15(12)17-3/h4-8,14H,9H2,1-3H3. The molecule has 1 aromatic carbocycles. The Hall–Kier alpha value is -0.800. The first-order valence-electron chi connectivity index (χ1n) is 5.94. The lowest BCUT2D eigenvalue weighted by atomic mass is 10.0. The summed E-state index contributed by atoms with van der Waals surface area (Å²) in [6.45, 7) is 4.34. The quantitative estimate of drug-likeness (QED) is 0.715. The second-order valence-electron chi connectivity index (χ2n) is 4.35. The first kappa shape index (κ1) is 13.6. The van der Waals surface area contributed by atoms with Crippen molar-refractivity contribution in [3.05, 3.63) is 51.2 Å². The van der Waals surface area contributed by atoms with Crippen LogP contribution in [0.25, 0.3) is 0 Å². The number of rotatable bonds is 4. The SMILES string of the molecule is COc1ccccc1CC(Br)c1cc(C)sc1C. The summed E-state index contributed by atoms with van der Waals surface area (Å²) in [5.74, 6) is 0.964. The summed E-state index contributed by atoms with van der Waals surface area (Å²) in [5.41, 5.74) is 2.63. The van der Waals surface area contributed by atoms with Crippen molar-refractivity contribution in [3.8, 4) is 5.75 Å². The molecule has 96 valence electrons. The summed E-state index contributed by atoms with van der Waals surface area (Å²) >= 11 is 5.66. The molecule has 3 heteroatoms. The van der Waals surface area contributed by atoms with Gasteiger partial charge in [0.1, 0.15) is 5.75 Å². The molecule has 0 saturated carbocycles. The predicted molar refractivity (Wildman–Crippen MR) is 82.2 cm³/mol. The van der Waals surface area contributed by atoms with Gasteiger partial charge in [-0.1, -0.05) is 34.1 Å². The molecule has 1 heterocycles. The molecule has 0 saturated heterocycles. The third-order valence-corrected chi connectivity index (χ3v) is 4.81. The van der Waals surface area contributed by atoms with Gasteiger partial charge in [0.05, 0.1) is 7.11 Å². The molecule has 1 nitrogen and oxygen atoms in total. The van der Waals surface area contributed by atoms with Gasteiger partial charge in [0.25, 0.3) is 0 Å². The van der Waals surface area contributed by atoms with Crippen molar-refractivity contribution in [1.82, 2.24) is 0 Å². The number of ether oxygens (including phenoxy) is 1. The zero-order valence-electron chi connectivity index (χ0n) is 10.9. The zero-order valence-corrected chi connectivity index (χ0v) is 13.3. The summed E-state index contributed by atoms with van der Waals surface area (Å²) in [6.07, 6.45) is 0.945. The van der Waals surface area contributed by atoms with E-state index in [1.165, 1.54) is 20.9 Å². The van der Waals surface area contributed by atoms with E-state index in [0.29, 0.717) is 4.83 Å². The summed E-state index contributed by atoms with van der Waals surface area (Å²) in [4.78, 5) is 3.11. The van der Waals surface area contributed by atoms with Gasteiger partial charge in [-0.25, -0.2) is 0 Å². The van der Waals surface area contributed by atoms with Crippen molar-refractivity contribution >= 4 is 27.3 Å². The number of hydrogen-bond acceptors (Lipinski definition) is 2. The van der Waals surface area contributed by atoms with Crippen LogP contribution in [-0.4, -0.2) is 7.11 Å². The maximum atomic E-state index is 5.40. The van der Waals surface area contributed by atoms with Crippen LogP contribution >= 0.6 is 27.3 Å². The molecule has 0 aliphatic heterocycles. The maximum absolute atomic E-state index is 5.40. The molecule has 0 fully saturated rings. The lowest BCUT2D eigenvalue weighted by Gasteiger charge is -2.12. The Kier molecular flexibility index (Phi) is 4.46. The second kappa shape index (κ2) is 5.89. The van der Waals surface area contributed by atoms with E-state index >= 15 is 0 Å². The van der Waals surface area contributed by atoms with Crippen LogP contribution in [0.2, 0.25) is 0 Å². The van der Waals surface area contributed by atoms with Crippen LogP contribution in [-0.2, 0) is 6.42 Å². The third kappa shape index (κ3) is 2.96. The van der Waals surface area contributed by atoms with Gasteiger partial charge in [-0.3, -0.25) is 0 Å². The summed E-state index contributed by atoms with van der Waals surface area (Å²) in [6, 6.07) is 10.5. The lowest BCUT2D eigenvalue weighted by molar-refractivity contribution is 0.409. The van der Waals surface area contributed by atoms with E-state index in [2.05, 4.69) is 48.0 Å². The highest BCUT2D eigenvalue weighted by molar-refractivity contribution is 9.09. The van der Waals surface area contributed by atoms with E-state index < -0.39 is 0 Å². The number of halogens is 1. The average molecular weight is 325 g/mol. The van der Waals surface area contributed by atoms with Crippen molar-refractivity contribution in [2.75, 3.05) is 7.11 Å². The molecule has 0 radical (unpaired) electrons. The Bertz CT molecular complexity index is 533. The van der Waals surface area contributed by atoms with Gasteiger partial charge in [0.2, 0.25) is 0 Å². The van der Waals surface area contributed by atoms with Gasteiger partial charge in [0, 0.05) is 14.6 Å². The van der Waals surface area contributed by atoms with E-state index in [-0.39, 0.29) is 0 Å². The molecular formula is C15H17BrOS. The molecule has 1 aromatic heterocycles. The Balaban J connectivity index is 2.21. The van der Waals surface area contributed by atoms with Crippen LogP contribution in [0.4, 0.5) is 0 Å². The van der Waals surface area contributed by atoms with E-state index in [1.807, 2.05) is 23.5 Å². The molecule has 0 aliphatic carbocycles. The van der Waals surface area contributed by atoms with Gasteiger partial charge in [-0.15, -0.1) is 11.3 Å². The number of para-hydroxylation sites is 1. The Labute approximate surface area is 121 Å². The highest BCUT2D eigenvalue weighted by Crippen LogP contribution is 2.35. The van der Waals surface area contributed by atoms with Crippen LogP contribution < -0.4 is 4.74 Å². The largest absolute Gasteiger partial charge is 0.496 e. The molecule has 1 atom stereocenters. The molecule has 2 rings (SSSR count). The molecule has 0 spiro atoms. The monoisotopic (exact) mass is 324 g/mol. The first-order chi connectivity index (χ1) is 8.61. The fourth-order valence-electron chi connectivity index (χ4n) is 2.14. The van der Waals surface area contributed by atoms with Crippen molar-refractivity contribution in [1.29, 1.82) is 0 Å². The van der Waals surface area contributed by atoms with E-state index in [4.69, 9.17) is 4.74 Å². The molecule has 0 amide bonds. The molecule has 18 heavy (non-hydrogen) atoms. The van der Waals surface area contributed by atoms with E-state index in [9.17, 15) is 0 Å². The number of hydrogen-bond donors (Lipinski definition) is 0. The number of methoxy groups -OCH3 is 1. The fraction of sp³-hybridized carbons (Fsp3) is 0.333. The molecule has 1 unspecified atom stereocenters. The zero-order chi connectivity index (χ0) is 13.1. The molecular weight excluding hydrogens is 308 g/mol. The van der Waals surface area contributed by atoms with Gasteiger partial charge in [-0.2, -0.15) is 0 Å². The van der Waals surface area contributed by atoms with Gasteiger partial charge in [-0.05, 0) is 43.5 Å². The van der Waals surface area contributed by atoms with Gasteiger partial charge < -0.3 is 4.74 Å². The normalized spacial score (nSPS) is 12.4. The van der Waals surface area contributed by atoms with Crippen LogP contribution in [0, 0.1) is 13.8 Å². The summed E-state index contributed by atoms with van der Waals surface area (Å²) in [7, 11) is 1.72. The molecule has 2 aromatic rings. The minimum Gasteiger partial charge on any atom is -0.496 e.